The van der Waals surface area contributed by atoms with Crippen molar-refractivity contribution in [3.8, 4) is 0 Å². The Bertz CT molecular complexity index is 658. The number of esters is 1. The Morgan fingerprint density at radius 1 is 1.20 bits per heavy atom. The van der Waals surface area contributed by atoms with Crippen LogP contribution in [0.4, 0.5) is 5.69 Å². The molecule has 1 heterocycles. The van der Waals surface area contributed by atoms with Crippen molar-refractivity contribution in [3.63, 3.8) is 0 Å². The average Bonchev–Trinajstić information content (AvgIpc) is 2.47. The molecule has 2 rings (SSSR count). The van der Waals surface area contributed by atoms with E-state index in [1.54, 1.807) is 36.4 Å². The molecule has 0 fully saturated rings. The van der Waals surface area contributed by atoms with Crippen molar-refractivity contribution >= 4 is 29.2 Å². The minimum absolute atomic E-state index is 0.0374. The number of anilines is 1. The SMILES string of the molecule is COC(=O)c1ncccc1NC(=O)c1ccccc1Cl. The van der Waals surface area contributed by atoms with Gasteiger partial charge in [-0.05, 0) is 24.3 Å². The van der Waals surface area contributed by atoms with E-state index >= 15 is 0 Å². The summed E-state index contributed by atoms with van der Waals surface area (Å²) in [5.41, 5.74) is 0.619. The third-order valence-corrected chi connectivity index (χ3v) is 2.88. The van der Waals surface area contributed by atoms with E-state index in [2.05, 4.69) is 15.0 Å². The summed E-state index contributed by atoms with van der Waals surface area (Å²) in [6.45, 7) is 0. The smallest absolute Gasteiger partial charge is 0.358 e. The highest BCUT2D eigenvalue weighted by Gasteiger charge is 2.16. The van der Waals surface area contributed by atoms with E-state index in [0.29, 0.717) is 10.6 Å². The van der Waals surface area contributed by atoms with Crippen LogP contribution >= 0.6 is 11.6 Å². The van der Waals surface area contributed by atoms with Crippen molar-refractivity contribution in [2.24, 2.45) is 0 Å². The maximum absolute atomic E-state index is 12.1. The van der Waals surface area contributed by atoms with Crippen LogP contribution in [0.2, 0.25) is 5.02 Å². The summed E-state index contributed by atoms with van der Waals surface area (Å²) in [7, 11) is 1.25. The average molecular weight is 291 g/mol. The van der Waals surface area contributed by atoms with E-state index in [1.807, 2.05) is 0 Å². The third-order valence-electron chi connectivity index (χ3n) is 2.55. The first kappa shape index (κ1) is 14.0. The van der Waals surface area contributed by atoms with Gasteiger partial charge in [0.05, 0.1) is 23.4 Å². The lowest BCUT2D eigenvalue weighted by atomic mass is 10.2. The van der Waals surface area contributed by atoms with Gasteiger partial charge >= 0.3 is 5.97 Å². The number of aromatic nitrogens is 1. The molecule has 0 aliphatic carbocycles. The Balaban J connectivity index is 2.29. The minimum atomic E-state index is -0.625. The maximum atomic E-state index is 12.1. The molecule has 2 aromatic rings. The number of carbonyl (C=O) groups excluding carboxylic acids is 2. The van der Waals surface area contributed by atoms with Gasteiger partial charge in [0, 0.05) is 6.20 Å². The Morgan fingerprint density at radius 2 is 1.95 bits per heavy atom. The summed E-state index contributed by atoms with van der Waals surface area (Å²) in [5, 5.41) is 2.92. The number of nitrogens with one attached hydrogen (secondary N) is 1. The van der Waals surface area contributed by atoms with Crippen LogP contribution in [0.1, 0.15) is 20.8 Å². The number of carbonyl (C=O) groups is 2. The molecule has 6 heteroatoms. The molecule has 0 spiro atoms. The van der Waals surface area contributed by atoms with Gasteiger partial charge in [-0.1, -0.05) is 23.7 Å². The van der Waals surface area contributed by atoms with E-state index in [9.17, 15) is 9.59 Å². The number of hydrogen-bond donors (Lipinski definition) is 1. The van der Waals surface area contributed by atoms with Crippen LogP contribution in [0, 0.1) is 0 Å². The van der Waals surface area contributed by atoms with Gasteiger partial charge in [-0.2, -0.15) is 0 Å². The first-order chi connectivity index (χ1) is 9.63. The highest BCUT2D eigenvalue weighted by Crippen LogP contribution is 2.19. The molecule has 1 aromatic heterocycles. The fourth-order valence-electron chi connectivity index (χ4n) is 1.60. The van der Waals surface area contributed by atoms with Crippen LogP contribution in [0.25, 0.3) is 0 Å². The fraction of sp³-hybridized carbons (Fsp3) is 0.0714. The molecule has 0 aliphatic rings. The fourth-order valence-corrected chi connectivity index (χ4v) is 1.82. The number of amides is 1. The predicted octanol–water partition coefficient (Wildman–Crippen LogP) is 2.77. The normalized spacial score (nSPS) is 9.90. The zero-order chi connectivity index (χ0) is 14.5. The predicted molar refractivity (Wildman–Crippen MR) is 75.0 cm³/mol. The third kappa shape index (κ3) is 2.95. The number of hydrogen-bond acceptors (Lipinski definition) is 4. The van der Waals surface area contributed by atoms with Crippen LogP contribution in [0.5, 0.6) is 0 Å². The maximum Gasteiger partial charge on any atom is 0.358 e. The van der Waals surface area contributed by atoms with Crippen LogP contribution < -0.4 is 5.32 Å². The molecular formula is C14H11ClN2O3. The molecule has 0 aliphatic heterocycles. The molecule has 0 saturated carbocycles. The van der Waals surface area contributed by atoms with Crippen LogP contribution in [0.3, 0.4) is 0 Å². The van der Waals surface area contributed by atoms with Gasteiger partial charge in [0.15, 0.2) is 5.69 Å². The van der Waals surface area contributed by atoms with Crippen molar-refractivity contribution in [2.45, 2.75) is 0 Å². The summed E-state index contributed by atoms with van der Waals surface area (Å²) in [6, 6.07) is 9.80. The molecule has 0 saturated heterocycles. The molecule has 20 heavy (non-hydrogen) atoms. The van der Waals surface area contributed by atoms with E-state index in [-0.39, 0.29) is 11.4 Å². The quantitative estimate of drug-likeness (QED) is 0.883. The lowest BCUT2D eigenvalue weighted by molar-refractivity contribution is 0.0595. The first-order valence-electron chi connectivity index (χ1n) is 5.72. The van der Waals surface area contributed by atoms with Gasteiger partial charge in [0.1, 0.15) is 0 Å². The Morgan fingerprint density at radius 3 is 2.65 bits per heavy atom. The Hall–Kier alpha value is -2.40. The van der Waals surface area contributed by atoms with Crippen LogP contribution in [-0.4, -0.2) is 24.0 Å². The Labute approximate surface area is 120 Å². The number of ether oxygens (including phenoxy) is 1. The van der Waals surface area contributed by atoms with Gasteiger partial charge in [0.25, 0.3) is 5.91 Å². The van der Waals surface area contributed by atoms with Crippen molar-refractivity contribution in [1.82, 2.24) is 4.98 Å². The zero-order valence-corrected chi connectivity index (χ0v) is 11.3. The van der Waals surface area contributed by atoms with E-state index < -0.39 is 11.9 Å². The zero-order valence-electron chi connectivity index (χ0n) is 10.6. The number of benzene rings is 1. The molecule has 0 atom stereocenters. The van der Waals surface area contributed by atoms with Crippen molar-refractivity contribution in [2.75, 3.05) is 12.4 Å². The second-order valence-electron chi connectivity index (χ2n) is 3.83. The molecule has 102 valence electrons. The van der Waals surface area contributed by atoms with Crippen molar-refractivity contribution in [3.05, 3.63) is 58.9 Å². The highest BCUT2D eigenvalue weighted by molar-refractivity contribution is 6.34. The van der Waals surface area contributed by atoms with E-state index in [4.69, 9.17) is 11.6 Å². The van der Waals surface area contributed by atoms with Gasteiger partial charge in [-0.25, -0.2) is 9.78 Å². The van der Waals surface area contributed by atoms with Crippen LogP contribution in [0.15, 0.2) is 42.6 Å². The second kappa shape index (κ2) is 6.16. The number of nitrogens with zero attached hydrogens (tertiary/aromatic N) is 1. The summed E-state index contributed by atoms with van der Waals surface area (Å²) < 4.78 is 4.61. The standard InChI is InChI=1S/C14H11ClN2O3/c1-20-14(19)12-11(7-4-8-16-12)17-13(18)9-5-2-3-6-10(9)15/h2-8H,1H3,(H,17,18). The van der Waals surface area contributed by atoms with E-state index in [1.165, 1.54) is 13.3 Å². The molecule has 1 amide bonds. The number of halogens is 1. The monoisotopic (exact) mass is 290 g/mol. The highest BCUT2D eigenvalue weighted by atomic mass is 35.5. The molecule has 0 radical (unpaired) electrons. The van der Waals surface area contributed by atoms with Gasteiger partial charge < -0.3 is 10.1 Å². The summed E-state index contributed by atoms with van der Waals surface area (Å²) in [6.07, 6.45) is 1.44. The molecule has 0 bridgehead atoms. The number of rotatable bonds is 3. The molecular weight excluding hydrogens is 280 g/mol. The summed E-state index contributed by atoms with van der Waals surface area (Å²) >= 11 is 5.95. The van der Waals surface area contributed by atoms with Crippen molar-refractivity contribution < 1.29 is 14.3 Å². The number of methoxy groups -OCH3 is 1. The molecule has 1 aromatic carbocycles. The second-order valence-corrected chi connectivity index (χ2v) is 4.23. The van der Waals surface area contributed by atoms with Gasteiger partial charge in [0.2, 0.25) is 0 Å². The Kier molecular flexibility index (Phi) is 4.32. The van der Waals surface area contributed by atoms with Gasteiger partial charge in [-0.15, -0.1) is 0 Å². The lowest BCUT2D eigenvalue weighted by Crippen LogP contribution is -2.16. The first-order valence-corrected chi connectivity index (χ1v) is 6.10. The number of pyridine rings is 1. The largest absolute Gasteiger partial charge is 0.464 e. The minimum Gasteiger partial charge on any atom is -0.464 e. The molecule has 1 N–H and O–H groups in total. The lowest BCUT2D eigenvalue weighted by Gasteiger charge is -2.09. The molecule has 0 unspecified atom stereocenters. The summed E-state index contributed by atoms with van der Waals surface area (Å²) in [5.74, 6) is -1.05. The summed E-state index contributed by atoms with van der Waals surface area (Å²) in [4.78, 5) is 27.6. The topological polar surface area (TPSA) is 68.3 Å². The van der Waals surface area contributed by atoms with Crippen molar-refractivity contribution in [1.29, 1.82) is 0 Å². The van der Waals surface area contributed by atoms with Gasteiger partial charge in [-0.3, -0.25) is 4.79 Å². The molecule has 5 nitrogen and oxygen atoms in total. The van der Waals surface area contributed by atoms with Crippen LogP contribution in [-0.2, 0) is 4.74 Å². The van der Waals surface area contributed by atoms with E-state index in [0.717, 1.165) is 0 Å².